The third-order valence-corrected chi connectivity index (χ3v) is 4.46. The van der Waals surface area contributed by atoms with Crippen LogP contribution in [-0.4, -0.2) is 34.4 Å². The summed E-state index contributed by atoms with van der Waals surface area (Å²) in [6.07, 6.45) is 1.58. The van der Waals surface area contributed by atoms with Gasteiger partial charge in [-0.2, -0.15) is 0 Å². The van der Waals surface area contributed by atoms with Crippen molar-refractivity contribution in [1.82, 2.24) is 10.2 Å². The summed E-state index contributed by atoms with van der Waals surface area (Å²) in [6, 6.07) is 0. The molecule has 0 saturated heterocycles. The highest BCUT2D eigenvalue weighted by Crippen LogP contribution is 2.27. The van der Waals surface area contributed by atoms with Gasteiger partial charge in [-0.05, 0) is 18.8 Å². The molecule has 22 heavy (non-hydrogen) atoms. The van der Waals surface area contributed by atoms with E-state index < -0.39 is 0 Å². The van der Waals surface area contributed by atoms with E-state index in [-0.39, 0.29) is 17.3 Å². The molecule has 0 radical (unpaired) electrons. The van der Waals surface area contributed by atoms with Crippen molar-refractivity contribution < 1.29 is 14.3 Å². The Bertz CT molecular complexity index is 498. The molecular weight excluding hydrogens is 322 g/mol. The van der Waals surface area contributed by atoms with Crippen LogP contribution >= 0.6 is 23.1 Å². The smallest absolute Gasteiger partial charge is 0.305 e. The predicted molar refractivity (Wildman–Crippen MR) is 89.2 cm³/mol. The minimum atomic E-state index is -0.171. The Morgan fingerprint density at radius 3 is 2.68 bits per heavy atom. The van der Waals surface area contributed by atoms with E-state index in [0.29, 0.717) is 24.6 Å². The molecule has 1 heterocycles. The molecule has 1 amide bonds. The molecule has 0 aliphatic rings. The van der Waals surface area contributed by atoms with Crippen LogP contribution in [0.25, 0.3) is 0 Å². The van der Waals surface area contributed by atoms with E-state index in [4.69, 9.17) is 4.74 Å². The van der Waals surface area contributed by atoms with Crippen LogP contribution in [0.2, 0.25) is 0 Å². The third kappa shape index (κ3) is 8.33. The zero-order valence-corrected chi connectivity index (χ0v) is 15.1. The molecule has 0 unspecified atom stereocenters. The van der Waals surface area contributed by atoms with Gasteiger partial charge in [-0.15, -0.1) is 10.2 Å². The number of hydrogen-bond acceptors (Lipinski definition) is 7. The van der Waals surface area contributed by atoms with Gasteiger partial charge < -0.3 is 10.1 Å². The number of nitrogens with one attached hydrogen (secondary N) is 1. The van der Waals surface area contributed by atoms with E-state index in [2.05, 4.69) is 15.5 Å². The second kappa shape index (κ2) is 9.09. The van der Waals surface area contributed by atoms with Crippen molar-refractivity contribution in [2.75, 3.05) is 17.7 Å². The Morgan fingerprint density at radius 1 is 1.32 bits per heavy atom. The molecule has 0 aliphatic heterocycles. The van der Waals surface area contributed by atoms with Gasteiger partial charge in [0, 0.05) is 18.6 Å². The summed E-state index contributed by atoms with van der Waals surface area (Å²) in [4.78, 5) is 23.0. The van der Waals surface area contributed by atoms with Crippen molar-refractivity contribution in [3.05, 3.63) is 0 Å². The third-order valence-electron chi connectivity index (χ3n) is 2.40. The number of carbonyl (C=O) groups excluding carboxylic acids is 2. The van der Waals surface area contributed by atoms with Gasteiger partial charge in [0.2, 0.25) is 11.0 Å². The first-order valence-corrected chi connectivity index (χ1v) is 9.02. The minimum absolute atomic E-state index is 0.0532. The molecule has 0 aromatic carbocycles. The number of nitrogens with zero attached hydrogens (tertiary/aromatic N) is 2. The fraction of sp³-hybridized carbons (Fsp3) is 0.714. The number of esters is 1. The molecule has 6 nitrogen and oxygen atoms in total. The summed E-state index contributed by atoms with van der Waals surface area (Å²) in [7, 11) is 0. The SMILES string of the molecule is CCOC(=O)CCCSc1nnc(NC(=O)CC(C)(C)C)s1. The maximum absolute atomic E-state index is 11.8. The number of aromatic nitrogens is 2. The number of rotatable bonds is 8. The van der Waals surface area contributed by atoms with Crippen LogP contribution in [0, 0.1) is 5.41 Å². The topological polar surface area (TPSA) is 81.2 Å². The molecule has 8 heteroatoms. The van der Waals surface area contributed by atoms with Gasteiger partial charge in [-0.1, -0.05) is 43.9 Å². The summed E-state index contributed by atoms with van der Waals surface area (Å²) in [5.41, 5.74) is -0.0561. The first-order chi connectivity index (χ1) is 10.3. The monoisotopic (exact) mass is 345 g/mol. The number of ether oxygens (including phenoxy) is 1. The summed E-state index contributed by atoms with van der Waals surface area (Å²) in [5, 5.41) is 11.3. The van der Waals surface area contributed by atoms with E-state index in [1.165, 1.54) is 23.1 Å². The average molecular weight is 345 g/mol. The van der Waals surface area contributed by atoms with Crippen molar-refractivity contribution in [2.24, 2.45) is 5.41 Å². The zero-order chi connectivity index (χ0) is 16.6. The van der Waals surface area contributed by atoms with Crippen LogP contribution in [0.5, 0.6) is 0 Å². The molecule has 0 bridgehead atoms. The molecule has 1 N–H and O–H groups in total. The molecule has 1 aromatic heterocycles. The Morgan fingerprint density at radius 2 is 2.05 bits per heavy atom. The van der Waals surface area contributed by atoms with Crippen molar-refractivity contribution in [3.8, 4) is 0 Å². The Kier molecular flexibility index (Phi) is 7.81. The van der Waals surface area contributed by atoms with Crippen molar-refractivity contribution in [1.29, 1.82) is 0 Å². The lowest BCUT2D eigenvalue weighted by Crippen LogP contribution is -2.19. The van der Waals surface area contributed by atoms with Crippen LogP contribution < -0.4 is 5.32 Å². The summed E-state index contributed by atoms with van der Waals surface area (Å²) >= 11 is 2.88. The van der Waals surface area contributed by atoms with E-state index >= 15 is 0 Å². The van der Waals surface area contributed by atoms with Gasteiger partial charge in [0.1, 0.15) is 0 Å². The number of amides is 1. The second-order valence-corrected chi connectivity index (χ2v) is 8.24. The fourth-order valence-corrected chi connectivity index (χ4v) is 3.35. The molecule has 0 fully saturated rings. The highest BCUT2D eigenvalue weighted by Gasteiger charge is 2.17. The van der Waals surface area contributed by atoms with Crippen LogP contribution in [-0.2, 0) is 14.3 Å². The highest BCUT2D eigenvalue weighted by molar-refractivity contribution is 8.01. The summed E-state index contributed by atoms with van der Waals surface area (Å²) in [6.45, 7) is 8.25. The van der Waals surface area contributed by atoms with Gasteiger partial charge >= 0.3 is 5.97 Å². The molecule has 0 atom stereocenters. The van der Waals surface area contributed by atoms with Crippen LogP contribution in [0.1, 0.15) is 47.0 Å². The Labute approximate surface area is 139 Å². The van der Waals surface area contributed by atoms with Crippen LogP contribution in [0.3, 0.4) is 0 Å². The molecule has 0 saturated carbocycles. The van der Waals surface area contributed by atoms with Crippen molar-refractivity contribution >= 4 is 40.1 Å². The molecule has 0 spiro atoms. The summed E-state index contributed by atoms with van der Waals surface area (Å²) < 4.78 is 5.65. The summed E-state index contributed by atoms with van der Waals surface area (Å²) in [5.74, 6) is 0.543. The van der Waals surface area contributed by atoms with Gasteiger partial charge in [0.25, 0.3) is 0 Å². The lowest BCUT2D eigenvalue weighted by molar-refractivity contribution is -0.143. The molecule has 1 aromatic rings. The maximum atomic E-state index is 11.8. The fourth-order valence-electron chi connectivity index (χ4n) is 1.57. The first kappa shape index (κ1) is 18.9. The van der Waals surface area contributed by atoms with Gasteiger partial charge in [-0.3, -0.25) is 9.59 Å². The van der Waals surface area contributed by atoms with Crippen LogP contribution in [0.15, 0.2) is 4.34 Å². The van der Waals surface area contributed by atoms with E-state index in [1.54, 1.807) is 6.92 Å². The normalized spacial score (nSPS) is 11.3. The molecule has 0 aliphatic carbocycles. The largest absolute Gasteiger partial charge is 0.466 e. The lowest BCUT2D eigenvalue weighted by Gasteiger charge is -2.16. The zero-order valence-electron chi connectivity index (χ0n) is 13.5. The van der Waals surface area contributed by atoms with Crippen molar-refractivity contribution in [2.45, 2.75) is 51.3 Å². The van der Waals surface area contributed by atoms with E-state index in [1.807, 2.05) is 20.8 Å². The maximum Gasteiger partial charge on any atom is 0.305 e. The Balaban J connectivity index is 2.29. The quantitative estimate of drug-likeness (QED) is 0.337. The number of anilines is 1. The number of carbonyl (C=O) groups is 2. The standard InChI is InChI=1S/C14H23N3O3S2/c1-5-20-11(19)7-6-8-21-13-17-16-12(22-13)15-10(18)9-14(2,3)4/h5-9H2,1-4H3,(H,15,16,18). The predicted octanol–water partition coefficient (Wildman–Crippen LogP) is 3.35. The molecule has 124 valence electrons. The lowest BCUT2D eigenvalue weighted by atomic mass is 9.92. The van der Waals surface area contributed by atoms with Crippen LogP contribution in [0.4, 0.5) is 5.13 Å². The Hall–Kier alpha value is -1.15. The molecular formula is C14H23N3O3S2. The van der Waals surface area contributed by atoms with Gasteiger partial charge in [0.15, 0.2) is 4.34 Å². The molecule has 1 rings (SSSR count). The second-order valence-electron chi connectivity index (χ2n) is 5.92. The minimum Gasteiger partial charge on any atom is -0.466 e. The number of hydrogen-bond donors (Lipinski definition) is 1. The van der Waals surface area contributed by atoms with Crippen molar-refractivity contribution in [3.63, 3.8) is 0 Å². The average Bonchev–Trinajstić information content (AvgIpc) is 2.80. The highest BCUT2D eigenvalue weighted by atomic mass is 32.2. The van der Waals surface area contributed by atoms with Gasteiger partial charge in [-0.25, -0.2) is 0 Å². The van der Waals surface area contributed by atoms with Gasteiger partial charge in [0.05, 0.1) is 6.61 Å². The van der Waals surface area contributed by atoms with E-state index in [0.717, 1.165) is 16.5 Å². The van der Waals surface area contributed by atoms with E-state index in [9.17, 15) is 9.59 Å². The number of thioether (sulfide) groups is 1. The first-order valence-electron chi connectivity index (χ1n) is 7.22.